The van der Waals surface area contributed by atoms with Gasteiger partial charge in [-0.2, -0.15) is 0 Å². The standard InChI is InChI=1S/C22H28ClN3O4S/c1-11-6-4-7-13(23)17(11)25-20(29)18-22-12(2)10-14(31-22)15(19(28)24-3)16(22)21(30)26(18)8-5-9-27/h4,6-7,12,14-16,18,27H,5,8-10H2,1-3H3,(H,24,28)(H,25,29)/t12?,14-,15+,16-,18?,22?/m0/s1. The van der Waals surface area contributed by atoms with E-state index in [-0.39, 0.29) is 42.0 Å². The Bertz CT molecular complexity index is 908. The normalized spacial score (nSPS) is 33.5. The van der Waals surface area contributed by atoms with Gasteiger partial charge >= 0.3 is 0 Å². The summed E-state index contributed by atoms with van der Waals surface area (Å²) in [5, 5.41) is 15.5. The van der Waals surface area contributed by atoms with Crippen LogP contribution in [-0.2, 0) is 14.4 Å². The van der Waals surface area contributed by atoms with E-state index in [9.17, 15) is 19.5 Å². The molecule has 0 aliphatic carbocycles. The average Bonchev–Trinajstić information content (AvgIpc) is 3.32. The van der Waals surface area contributed by atoms with E-state index in [2.05, 4.69) is 17.6 Å². The largest absolute Gasteiger partial charge is 0.396 e. The maximum atomic E-state index is 13.7. The fourth-order valence-electron chi connectivity index (χ4n) is 5.75. The summed E-state index contributed by atoms with van der Waals surface area (Å²) in [5.41, 5.74) is 1.37. The molecule has 3 amide bonds. The Morgan fingerprint density at radius 2 is 2.10 bits per heavy atom. The number of rotatable bonds is 6. The third kappa shape index (κ3) is 3.26. The molecule has 4 rings (SSSR count). The van der Waals surface area contributed by atoms with Gasteiger partial charge in [0, 0.05) is 25.4 Å². The lowest BCUT2D eigenvalue weighted by molar-refractivity contribution is -0.139. The number of carbonyl (C=O) groups excluding carboxylic acids is 3. The summed E-state index contributed by atoms with van der Waals surface area (Å²) in [7, 11) is 1.59. The predicted molar refractivity (Wildman–Crippen MR) is 121 cm³/mol. The Labute approximate surface area is 191 Å². The van der Waals surface area contributed by atoms with Gasteiger partial charge < -0.3 is 20.6 Å². The van der Waals surface area contributed by atoms with E-state index in [4.69, 9.17) is 11.6 Å². The molecule has 9 heteroatoms. The van der Waals surface area contributed by atoms with Crippen molar-refractivity contribution in [3.05, 3.63) is 28.8 Å². The highest BCUT2D eigenvalue weighted by Crippen LogP contribution is 2.68. The van der Waals surface area contributed by atoms with Crippen LogP contribution in [0.2, 0.25) is 5.02 Å². The van der Waals surface area contributed by atoms with Gasteiger partial charge in [-0.05, 0) is 37.3 Å². The third-order valence-corrected chi connectivity index (χ3v) is 9.46. The van der Waals surface area contributed by atoms with Crippen LogP contribution in [-0.4, -0.2) is 64.0 Å². The van der Waals surface area contributed by atoms with E-state index < -0.39 is 22.6 Å². The molecule has 0 aromatic heterocycles. The van der Waals surface area contributed by atoms with E-state index in [0.717, 1.165) is 12.0 Å². The first-order valence-electron chi connectivity index (χ1n) is 10.6. The second-order valence-electron chi connectivity index (χ2n) is 8.70. The smallest absolute Gasteiger partial charge is 0.248 e. The van der Waals surface area contributed by atoms with Gasteiger partial charge in [-0.3, -0.25) is 14.4 Å². The second-order valence-corrected chi connectivity index (χ2v) is 10.7. The minimum absolute atomic E-state index is 0.0150. The number of halogens is 1. The number of aryl methyl sites for hydroxylation is 1. The molecule has 3 aliphatic rings. The SMILES string of the molecule is CNC(=O)[C@@H]1[C@@H]2CC(C)C3(S2)C(C(=O)Nc2c(C)cccc2Cl)N(CCCO)C(=O)[C@H]13. The first-order chi connectivity index (χ1) is 14.8. The number of likely N-dealkylation sites (tertiary alicyclic amines) is 1. The number of nitrogens with zero attached hydrogens (tertiary/aromatic N) is 1. The molecule has 1 aromatic carbocycles. The fraction of sp³-hybridized carbons (Fsp3) is 0.591. The predicted octanol–water partition coefficient (Wildman–Crippen LogP) is 2.05. The minimum Gasteiger partial charge on any atom is -0.396 e. The molecule has 2 bridgehead atoms. The fourth-order valence-corrected chi connectivity index (χ4v) is 8.44. The van der Waals surface area contributed by atoms with Crippen LogP contribution >= 0.6 is 23.4 Å². The van der Waals surface area contributed by atoms with Crippen LogP contribution in [0.15, 0.2) is 18.2 Å². The van der Waals surface area contributed by atoms with E-state index in [0.29, 0.717) is 17.1 Å². The molecular weight excluding hydrogens is 438 g/mol. The van der Waals surface area contributed by atoms with Crippen LogP contribution < -0.4 is 10.6 Å². The Hall–Kier alpha value is -1.77. The number of aliphatic hydroxyl groups is 1. The number of nitrogens with one attached hydrogen (secondary N) is 2. The summed E-state index contributed by atoms with van der Waals surface area (Å²) in [5.74, 6) is -1.50. The average molecular weight is 466 g/mol. The van der Waals surface area contributed by atoms with Crippen LogP contribution in [0.1, 0.15) is 25.3 Å². The highest BCUT2D eigenvalue weighted by atomic mass is 35.5. The van der Waals surface area contributed by atoms with Gasteiger partial charge in [-0.1, -0.05) is 30.7 Å². The van der Waals surface area contributed by atoms with Crippen molar-refractivity contribution in [2.75, 3.05) is 25.5 Å². The number of anilines is 1. The molecular formula is C22H28ClN3O4S. The Kier molecular flexibility index (Phi) is 6.00. The molecule has 3 unspecified atom stereocenters. The minimum atomic E-state index is -0.730. The second kappa shape index (κ2) is 8.30. The van der Waals surface area contributed by atoms with Gasteiger partial charge in [0.2, 0.25) is 17.7 Å². The maximum Gasteiger partial charge on any atom is 0.248 e. The maximum absolute atomic E-state index is 13.7. The van der Waals surface area contributed by atoms with E-state index >= 15 is 0 Å². The van der Waals surface area contributed by atoms with E-state index in [1.807, 2.05) is 19.1 Å². The zero-order chi connectivity index (χ0) is 22.5. The number of aliphatic hydroxyl groups excluding tert-OH is 1. The molecule has 0 radical (unpaired) electrons. The highest BCUT2D eigenvalue weighted by molar-refractivity contribution is 8.02. The quantitative estimate of drug-likeness (QED) is 0.597. The Morgan fingerprint density at radius 1 is 1.35 bits per heavy atom. The highest BCUT2D eigenvalue weighted by Gasteiger charge is 2.75. The molecule has 3 fully saturated rings. The first kappa shape index (κ1) is 22.4. The molecule has 3 aliphatic heterocycles. The number of fused-ring (bicyclic) bond motifs is 1. The van der Waals surface area contributed by atoms with Crippen molar-refractivity contribution in [2.24, 2.45) is 17.8 Å². The third-order valence-electron chi connectivity index (χ3n) is 7.07. The lowest BCUT2D eigenvalue weighted by Crippen LogP contribution is -2.55. The first-order valence-corrected chi connectivity index (χ1v) is 11.9. The summed E-state index contributed by atoms with van der Waals surface area (Å²) in [6.45, 7) is 4.13. The summed E-state index contributed by atoms with van der Waals surface area (Å²) in [4.78, 5) is 41.6. The number of amides is 3. The van der Waals surface area contributed by atoms with Crippen LogP contribution in [0.3, 0.4) is 0 Å². The zero-order valence-electron chi connectivity index (χ0n) is 17.9. The van der Waals surface area contributed by atoms with Crippen molar-refractivity contribution in [3.63, 3.8) is 0 Å². The molecule has 1 aromatic rings. The molecule has 6 atom stereocenters. The van der Waals surface area contributed by atoms with Crippen molar-refractivity contribution in [1.82, 2.24) is 10.2 Å². The van der Waals surface area contributed by atoms with Crippen molar-refractivity contribution < 1.29 is 19.5 Å². The van der Waals surface area contributed by atoms with Crippen molar-refractivity contribution in [2.45, 2.75) is 42.7 Å². The Morgan fingerprint density at radius 3 is 2.74 bits per heavy atom. The van der Waals surface area contributed by atoms with Crippen molar-refractivity contribution in [3.8, 4) is 0 Å². The van der Waals surface area contributed by atoms with Crippen molar-refractivity contribution in [1.29, 1.82) is 0 Å². The van der Waals surface area contributed by atoms with Crippen LogP contribution in [0.4, 0.5) is 5.69 Å². The molecule has 3 heterocycles. The van der Waals surface area contributed by atoms with Crippen LogP contribution in [0.25, 0.3) is 0 Å². The van der Waals surface area contributed by atoms with Gasteiger partial charge in [0.1, 0.15) is 6.04 Å². The number of carbonyl (C=O) groups is 3. The number of benzene rings is 1. The van der Waals surface area contributed by atoms with Gasteiger partial charge in [0.05, 0.1) is 27.3 Å². The van der Waals surface area contributed by atoms with E-state index in [1.165, 1.54) is 0 Å². The lowest BCUT2D eigenvalue weighted by Gasteiger charge is -2.38. The van der Waals surface area contributed by atoms with E-state index in [1.54, 1.807) is 29.8 Å². The molecule has 1 spiro atoms. The number of hydrogen-bond donors (Lipinski definition) is 3. The topological polar surface area (TPSA) is 98.7 Å². The lowest BCUT2D eigenvalue weighted by atomic mass is 9.66. The van der Waals surface area contributed by atoms with Crippen molar-refractivity contribution >= 4 is 46.8 Å². The molecule has 7 nitrogen and oxygen atoms in total. The summed E-state index contributed by atoms with van der Waals surface area (Å²) in [6.07, 6.45) is 1.16. The summed E-state index contributed by atoms with van der Waals surface area (Å²) < 4.78 is -0.673. The summed E-state index contributed by atoms with van der Waals surface area (Å²) >= 11 is 7.97. The van der Waals surface area contributed by atoms with Gasteiger partial charge in [-0.25, -0.2) is 0 Å². The van der Waals surface area contributed by atoms with Crippen LogP contribution in [0, 0.1) is 24.7 Å². The van der Waals surface area contributed by atoms with Crippen LogP contribution in [0.5, 0.6) is 0 Å². The molecule has 3 saturated heterocycles. The molecule has 31 heavy (non-hydrogen) atoms. The Balaban J connectivity index is 1.76. The number of para-hydroxylation sites is 1. The molecule has 3 N–H and O–H groups in total. The molecule has 168 valence electrons. The summed E-state index contributed by atoms with van der Waals surface area (Å²) in [6, 6.07) is 4.67. The van der Waals surface area contributed by atoms with Gasteiger partial charge in [-0.15, -0.1) is 11.8 Å². The number of hydrogen-bond acceptors (Lipinski definition) is 5. The zero-order valence-corrected chi connectivity index (χ0v) is 19.4. The van der Waals surface area contributed by atoms with Gasteiger partial charge in [0.15, 0.2) is 0 Å². The molecule has 0 saturated carbocycles. The van der Waals surface area contributed by atoms with Gasteiger partial charge in [0.25, 0.3) is 0 Å². The number of thioether (sulfide) groups is 1. The monoisotopic (exact) mass is 465 g/mol.